The number of nitrogens with two attached hydrogens (primary N) is 1. The molecule has 1 rings (SSSR count). The van der Waals surface area contributed by atoms with E-state index in [0.29, 0.717) is 0 Å². The van der Waals surface area contributed by atoms with Crippen LogP contribution in [0.1, 0.15) is 10.4 Å². The zero-order valence-electron chi connectivity index (χ0n) is 8.97. The molecule has 0 heterocycles. The number of nitro groups is 1. The van der Waals surface area contributed by atoms with Crippen molar-refractivity contribution in [2.45, 2.75) is 0 Å². The first-order valence-corrected chi connectivity index (χ1v) is 5.05. The van der Waals surface area contributed by atoms with Gasteiger partial charge in [-0.2, -0.15) is 0 Å². The van der Waals surface area contributed by atoms with Crippen molar-refractivity contribution in [2.75, 3.05) is 6.54 Å². The molecule has 0 aliphatic rings. The molecule has 0 saturated heterocycles. The van der Waals surface area contributed by atoms with E-state index in [1.807, 2.05) is 0 Å². The van der Waals surface area contributed by atoms with Crippen molar-refractivity contribution in [2.24, 2.45) is 5.84 Å². The molecule has 0 bridgehead atoms. The Kier molecular flexibility index (Phi) is 4.58. The summed E-state index contributed by atoms with van der Waals surface area (Å²) in [5.74, 6) is 3.40. The number of hydrogen-bond acceptors (Lipinski definition) is 5. The molecule has 0 unspecified atom stereocenters. The molecule has 1 aromatic carbocycles. The van der Waals surface area contributed by atoms with Crippen LogP contribution in [0.4, 0.5) is 5.69 Å². The summed E-state index contributed by atoms with van der Waals surface area (Å²) in [5.41, 5.74) is 1.18. The largest absolute Gasteiger partial charge is 0.343 e. The van der Waals surface area contributed by atoms with E-state index < -0.39 is 22.4 Å². The lowest BCUT2D eigenvalue weighted by molar-refractivity contribution is -0.385. The second kappa shape index (κ2) is 5.94. The van der Waals surface area contributed by atoms with Gasteiger partial charge in [0.1, 0.15) is 5.56 Å². The number of nitrogens with one attached hydrogen (secondary N) is 2. The van der Waals surface area contributed by atoms with Gasteiger partial charge in [-0.1, -0.05) is 11.6 Å². The van der Waals surface area contributed by atoms with E-state index >= 15 is 0 Å². The molecule has 0 fully saturated rings. The van der Waals surface area contributed by atoms with Crippen LogP contribution in [0.3, 0.4) is 0 Å². The first kappa shape index (κ1) is 13.9. The maximum atomic E-state index is 11.6. The third-order valence-electron chi connectivity index (χ3n) is 1.97. The van der Waals surface area contributed by atoms with E-state index in [-0.39, 0.29) is 17.1 Å². The van der Waals surface area contributed by atoms with Gasteiger partial charge in [0.15, 0.2) is 0 Å². The third kappa shape index (κ3) is 3.40. The van der Waals surface area contributed by atoms with Gasteiger partial charge in [-0.25, -0.2) is 5.84 Å². The van der Waals surface area contributed by atoms with Gasteiger partial charge in [-0.05, 0) is 12.1 Å². The van der Waals surface area contributed by atoms with E-state index in [9.17, 15) is 19.7 Å². The molecule has 8 nitrogen and oxygen atoms in total. The quantitative estimate of drug-likeness (QED) is 0.307. The number of halogens is 1. The Hall–Kier alpha value is -2.19. The average Bonchev–Trinajstić information content (AvgIpc) is 2.34. The maximum absolute atomic E-state index is 11.6. The van der Waals surface area contributed by atoms with Crippen LogP contribution >= 0.6 is 11.6 Å². The second-order valence-corrected chi connectivity index (χ2v) is 3.61. The Balaban J connectivity index is 2.93. The molecular weight excluding hydrogens is 264 g/mol. The van der Waals surface area contributed by atoms with Crippen LogP contribution < -0.4 is 16.6 Å². The van der Waals surface area contributed by atoms with Crippen LogP contribution in [0.15, 0.2) is 18.2 Å². The van der Waals surface area contributed by atoms with Gasteiger partial charge < -0.3 is 5.32 Å². The van der Waals surface area contributed by atoms with E-state index in [2.05, 4.69) is 5.32 Å². The highest BCUT2D eigenvalue weighted by Crippen LogP contribution is 2.22. The fourth-order valence-corrected chi connectivity index (χ4v) is 1.33. The predicted molar refractivity (Wildman–Crippen MR) is 62.8 cm³/mol. The van der Waals surface area contributed by atoms with E-state index in [1.54, 1.807) is 5.43 Å². The molecule has 0 aliphatic heterocycles. The van der Waals surface area contributed by atoms with Gasteiger partial charge in [-0.3, -0.25) is 25.1 Å². The lowest BCUT2D eigenvalue weighted by Crippen LogP contribution is -2.40. The highest BCUT2D eigenvalue weighted by Gasteiger charge is 2.20. The summed E-state index contributed by atoms with van der Waals surface area (Å²) in [5, 5.41) is 13.1. The molecule has 0 aliphatic carbocycles. The van der Waals surface area contributed by atoms with E-state index in [1.165, 1.54) is 6.07 Å². The Morgan fingerprint density at radius 3 is 2.67 bits per heavy atom. The van der Waals surface area contributed by atoms with Crippen LogP contribution in [0.25, 0.3) is 0 Å². The van der Waals surface area contributed by atoms with Gasteiger partial charge in [0.05, 0.1) is 11.5 Å². The minimum Gasteiger partial charge on any atom is -0.343 e. The van der Waals surface area contributed by atoms with Gasteiger partial charge in [0.25, 0.3) is 17.5 Å². The number of hydrogen-bond donors (Lipinski definition) is 3. The second-order valence-electron chi connectivity index (χ2n) is 3.17. The van der Waals surface area contributed by atoms with Gasteiger partial charge in [-0.15, -0.1) is 0 Å². The molecular formula is C9H9ClN4O4. The molecule has 4 N–H and O–H groups in total. The van der Waals surface area contributed by atoms with Crippen molar-refractivity contribution < 1.29 is 14.5 Å². The Labute approximate surface area is 106 Å². The SMILES string of the molecule is NNC(=O)CNC(=O)c1cc(Cl)ccc1[N+](=O)[O-]. The zero-order chi connectivity index (χ0) is 13.7. The summed E-state index contributed by atoms with van der Waals surface area (Å²) in [6, 6.07) is 3.55. The number of benzene rings is 1. The summed E-state index contributed by atoms with van der Waals surface area (Å²) in [6.07, 6.45) is 0. The summed E-state index contributed by atoms with van der Waals surface area (Å²) < 4.78 is 0. The number of nitro benzene ring substituents is 1. The molecule has 0 spiro atoms. The van der Waals surface area contributed by atoms with Crippen molar-refractivity contribution in [3.05, 3.63) is 38.9 Å². The lowest BCUT2D eigenvalue weighted by atomic mass is 10.1. The number of nitrogens with zero attached hydrogens (tertiary/aromatic N) is 1. The van der Waals surface area contributed by atoms with Crippen LogP contribution in [-0.4, -0.2) is 23.3 Å². The number of carbonyl (C=O) groups is 2. The first-order valence-electron chi connectivity index (χ1n) is 4.67. The Morgan fingerprint density at radius 2 is 2.11 bits per heavy atom. The average molecular weight is 273 g/mol. The van der Waals surface area contributed by atoms with Crippen LogP contribution in [-0.2, 0) is 4.79 Å². The van der Waals surface area contributed by atoms with Gasteiger partial charge in [0.2, 0.25) is 0 Å². The van der Waals surface area contributed by atoms with Crippen molar-refractivity contribution in [3.63, 3.8) is 0 Å². The molecule has 1 aromatic rings. The lowest BCUT2D eigenvalue weighted by Gasteiger charge is -2.05. The minimum atomic E-state index is -0.784. The van der Waals surface area contributed by atoms with Crippen LogP contribution in [0.2, 0.25) is 5.02 Å². The topological polar surface area (TPSA) is 127 Å². The van der Waals surface area contributed by atoms with Crippen molar-refractivity contribution in [3.8, 4) is 0 Å². The summed E-state index contributed by atoms with van der Waals surface area (Å²) in [6.45, 7) is -0.390. The van der Waals surface area contributed by atoms with E-state index in [4.69, 9.17) is 17.4 Å². The molecule has 2 amide bonds. The fourth-order valence-electron chi connectivity index (χ4n) is 1.16. The summed E-state index contributed by atoms with van der Waals surface area (Å²) in [7, 11) is 0. The van der Waals surface area contributed by atoms with Crippen LogP contribution in [0, 0.1) is 10.1 Å². The van der Waals surface area contributed by atoms with Gasteiger partial charge >= 0.3 is 0 Å². The van der Waals surface area contributed by atoms with Gasteiger partial charge in [0, 0.05) is 11.1 Å². The molecule has 0 atom stereocenters. The molecule has 9 heteroatoms. The van der Waals surface area contributed by atoms with E-state index in [0.717, 1.165) is 12.1 Å². The third-order valence-corrected chi connectivity index (χ3v) is 2.21. The highest BCUT2D eigenvalue weighted by atomic mass is 35.5. The maximum Gasteiger partial charge on any atom is 0.282 e. The van der Waals surface area contributed by atoms with Crippen molar-refractivity contribution in [1.82, 2.24) is 10.7 Å². The van der Waals surface area contributed by atoms with Crippen LogP contribution in [0.5, 0.6) is 0 Å². The zero-order valence-corrected chi connectivity index (χ0v) is 9.73. The summed E-state index contributed by atoms with van der Waals surface area (Å²) in [4.78, 5) is 32.5. The van der Waals surface area contributed by atoms with Crippen molar-refractivity contribution >= 4 is 29.1 Å². The number of amides is 2. The monoisotopic (exact) mass is 272 g/mol. The molecule has 0 aromatic heterocycles. The minimum absolute atomic E-state index is 0.175. The number of rotatable bonds is 4. The van der Waals surface area contributed by atoms with Crippen molar-refractivity contribution in [1.29, 1.82) is 0 Å². The summed E-state index contributed by atoms with van der Waals surface area (Å²) >= 11 is 5.65. The molecule has 0 radical (unpaired) electrons. The fraction of sp³-hybridized carbons (Fsp3) is 0.111. The first-order chi connectivity index (χ1) is 8.45. The number of hydrazine groups is 1. The Bertz CT molecular complexity index is 505. The molecule has 0 saturated carbocycles. The standard InChI is InChI=1S/C9H9ClN4O4/c10-5-1-2-7(14(17)18)6(3-5)9(16)12-4-8(15)13-11/h1-3H,4,11H2,(H,12,16)(H,13,15). The smallest absolute Gasteiger partial charge is 0.282 e. The highest BCUT2D eigenvalue weighted by molar-refractivity contribution is 6.31. The Morgan fingerprint density at radius 1 is 1.44 bits per heavy atom. The normalized spacial score (nSPS) is 9.67. The molecule has 18 heavy (non-hydrogen) atoms. The molecule has 96 valence electrons. The number of carbonyl (C=O) groups excluding carboxylic acids is 2. The predicted octanol–water partition coefficient (Wildman–Crippen LogP) is -0.0321.